The molecule has 0 heterocycles. The number of rotatable bonds is 2. The zero-order valence-corrected chi connectivity index (χ0v) is 8.29. The van der Waals surface area contributed by atoms with Gasteiger partial charge in [0, 0.05) is 0 Å². The molecule has 0 spiro atoms. The zero-order chi connectivity index (χ0) is 10.1. The summed E-state index contributed by atoms with van der Waals surface area (Å²) in [5.41, 5.74) is 0.172. The predicted octanol–water partition coefficient (Wildman–Crippen LogP) is 1.85. The van der Waals surface area contributed by atoms with Gasteiger partial charge in [0.15, 0.2) is 0 Å². The molecule has 0 aliphatic heterocycles. The molecule has 0 aliphatic rings. The molecule has 3 nitrogen and oxygen atoms in total. The minimum Gasteiger partial charge on any atom is -0.282 e. The lowest BCUT2D eigenvalue weighted by molar-refractivity contribution is 0.606. The summed E-state index contributed by atoms with van der Waals surface area (Å²) in [6.07, 6.45) is 0.993. The van der Waals surface area contributed by atoms with Crippen LogP contribution in [-0.2, 0) is 10.0 Å². The van der Waals surface area contributed by atoms with E-state index in [2.05, 4.69) is 4.72 Å². The fourth-order valence-corrected chi connectivity index (χ4v) is 1.62. The van der Waals surface area contributed by atoms with E-state index in [0.29, 0.717) is 0 Å². The molecule has 0 saturated heterocycles. The molecule has 1 aromatic rings. The monoisotopic (exact) mass is 223 g/mol. The Labute approximate surface area is 80.6 Å². The summed E-state index contributed by atoms with van der Waals surface area (Å²) in [5, 5.41) is 0.0328. The lowest BCUT2D eigenvalue weighted by Crippen LogP contribution is -2.09. The summed E-state index contributed by atoms with van der Waals surface area (Å²) in [4.78, 5) is 0. The predicted molar refractivity (Wildman–Crippen MR) is 49.9 cm³/mol. The highest BCUT2D eigenvalue weighted by Crippen LogP contribution is 2.22. The van der Waals surface area contributed by atoms with Gasteiger partial charge in [0.25, 0.3) is 0 Å². The summed E-state index contributed by atoms with van der Waals surface area (Å²) in [6.45, 7) is 0. The lowest BCUT2D eigenvalue weighted by Gasteiger charge is -2.05. The van der Waals surface area contributed by atoms with E-state index in [9.17, 15) is 12.8 Å². The van der Waals surface area contributed by atoms with Crippen LogP contribution in [0.1, 0.15) is 0 Å². The third kappa shape index (κ3) is 3.20. The first-order valence-corrected chi connectivity index (χ1v) is 5.58. The molecule has 0 amide bonds. The Morgan fingerprint density at radius 2 is 2.08 bits per heavy atom. The molecule has 0 aliphatic carbocycles. The molecular formula is C7H7ClFNO2S. The van der Waals surface area contributed by atoms with Gasteiger partial charge in [-0.25, -0.2) is 12.8 Å². The highest BCUT2D eigenvalue weighted by molar-refractivity contribution is 7.92. The van der Waals surface area contributed by atoms with Crippen LogP contribution in [0, 0.1) is 5.82 Å². The van der Waals surface area contributed by atoms with Crippen LogP contribution in [0.3, 0.4) is 0 Å². The van der Waals surface area contributed by atoms with Crippen LogP contribution in [-0.4, -0.2) is 14.7 Å². The van der Waals surface area contributed by atoms with Crippen molar-refractivity contribution in [3.63, 3.8) is 0 Å². The molecule has 13 heavy (non-hydrogen) atoms. The normalized spacial score (nSPS) is 11.3. The molecule has 0 atom stereocenters. The van der Waals surface area contributed by atoms with E-state index >= 15 is 0 Å². The molecule has 0 fully saturated rings. The smallest absolute Gasteiger partial charge is 0.229 e. The van der Waals surface area contributed by atoms with E-state index < -0.39 is 15.8 Å². The number of hydrogen-bond donors (Lipinski definition) is 1. The maximum absolute atomic E-state index is 12.5. The Kier molecular flexibility index (Phi) is 2.77. The van der Waals surface area contributed by atoms with Crippen LogP contribution in [0.25, 0.3) is 0 Å². The second kappa shape index (κ2) is 3.51. The van der Waals surface area contributed by atoms with Gasteiger partial charge in [-0.2, -0.15) is 0 Å². The van der Waals surface area contributed by atoms with Crippen molar-refractivity contribution in [3.05, 3.63) is 29.0 Å². The molecule has 0 saturated carbocycles. The molecule has 0 radical (unpaired) electrons. The third-order valence-electron chi connectivity index (χ3n) is 1.23. The Morgan fingerprint density at radius 1 is 1.46 bits per heavy atom. The Bertz CT molecular complexity index is 419. The van der Waals surface area contributed by atoms with E-state index in [1.54, 1.807) is 0 Å². The van der Waals surface area contributed by atoms with E-state index in [-0.39, 0.29) is 10.7 Å². The number of nitrogens with one attached hydrogen (secondary N) is 1. The number of anilines is 1. The Balaban J connectivity index is 3.04. The largest absolute Gasteiger partial charge is 0.282 e. The molecule has 1 rings (SSSR count). The van der Waals surface area contributed by atoms with Gasteiger partial charge < -0.3 is 0 Å². The van der Waals surface area contributed by atoms with Crippen LogP contribution in [0.15, 0.2) is 18.2 Å². The summed E-state index contributed by atoms with van der Waals surface area (Å²) in [7, 11) is -3.37. The van der Waals surface area contributed by atoms with Gasteiger partial charge in [-0.05, 0) is 18.2 Å². The standard InChI is InChI=1S/C7H7ClFNO2S/c1-13(11,12)10-7-3-2-5(9)4-6(7)8/h2-4,10H,1H3. The van der Waals surface area contributed by atoms with Gasteiger partial charge in [0.1, 0.15) is 5.82 Å². The molecule has 6 heteroatoms. The highest BCUT2D eigenvalue weighted by atomic mass is 35.5. The van der Waals surface area contributed by atoms with Crippen LogP contribution in [0.2, 0.25) is 5.02 Å². The van der Waals surface area contributed by atoms with Gasteiger partial charge in [-0.3, -0.25) is 4.72 Å². The maximum Gasteiger partial charge on any atom is 0.229 e. The number of halogens is 2. The van der Waals surface area contributed by atoms with Crippen molar-refractivity contribution in [2.45, 2.75) is 0 Å². The van der Waals surface area contributed by atoms with Crippen molar-refractivity contribution < 1.29 is 12.8 Å². The molecule has 0 unspecified atom stereocenters. The van der Waals surface area contributed by atoms with Gasteiger partial charge >= 0.3 is 0 Å². The summed E-state index contributed by atoms with van der Waals surface area (Å²) >= 11 is 5.57. The third-order valence-corrected chi connectivity index (χ3v) is 2.13. The first kappa shape index (κ1) is 10.3. The average molecular weight is 224 g/mol. The second-order valence-corrected chi connectivity index (χ2v) is 4.65. The fraction of sp³-hybridized carbons (Fsp3) is 0.143. The Morgan fingerprint density at radius 3 is 2.54 bits per heavy atom. The van der Waals surface area contributed by atoms with Gasteiger partial charge in [0.2, 0.25) is 10.0 Å². The van der Waals surface area contributed by atoms with E-state index in [1.807, 2.05) is 0 Å². The molecule has 1 aromatic carbocycles. The van der Waals surface area contributed by atoms with Crippen LogP contribution in [0.5, 0.6) is 0 Å². The number of benzene rings is 1. The van der Waals surface area contributed by atoms with Crippen LogP contribution >= 0.6 is 11.6 Å². The number of hydrogen-bond acceptors (Lipinski definition) is 2. The van der Waals surface area contributed by atoms with Gasteiger partial charge in [0.05, 0.1) is 17.0 Å². The molecular weight excluding hydrogens is 217 g/mol. The first-order chi connectivity index (χ1) is 5.88. The Hall–Kier alpha value is -0.810. The second-order valence-electron chi connectivity index (χ2n) is 2.50. The SMILES string of the molecule is CS(=O)(=O)Nc1ccc(F)cc1Cl. The minimum absolute atomic E-state index is 0.0328. The highest BCUT2D eigenvalue weighted by Gasteiger charge is 2.06. The van der Waals surface area contributed by atoms with Crippen molar-refractivity contribution in [1.82, 2.24) is 0 Å². The van der Waals surface area contributed by atoms with Gasteiger partial charge in [-0.15, -0.1) is 0 Å². The van der Waals surface area contributed by atoms with Crippen molar-refractivity contribution in [2.75, 3.05) is 11.0 Å². The van der Waals surface area contributed by atoms with Crippen molar-refractivity contribution in [1.29, 1.82) is 0 Å². The quantitative estimate of drug-likeness (QED) is 0.832. The van der Waals surface area contributed by atoms with Crippen LogP contribution < -0.4 is 4.72 Å². The topological polar surface area (TPSA) is 46.2 Å². The summed E-state index contributed by atoms with van der Waals surface area (Å²) in [5.74, 6) is -0.510. The minimum atomic E-state index is -3.37. The lowest BCUT2D eigenvalue weighted by atomic mass is 10.3. The fourth-order valence-electron chi connectivity index (χ4n) is 0.772. The van der Waals surface area contributed by atoms with E-state index in [4.69, 9.17) is 11.6 Å². The van der Waals surface area contributed by atoms with Gasteiger partial charge in [-0.1, -0.05) is 11.6 Å². The van der Waals surface area contributed by atoms with E-state index in [1.165, 1.54) is 6.07 Å². The molecule has 1 N–H and O–H groups in total. The van der Waals surface area contributed by atoms with Crippen molar-refractivity contribution in [3.8, 4) is 0 Å². The number of sulfonamides is 1. The molecule has 72 valence electrons. The summed E-state index contributed by atoms with van der Waals surface area (Å²) in [6, 6.07) is 3.42. The zero-order valence-electron chi connectivity index (χ0n) is 6.71. The maximum atomic E-state index is 12.5. The van der Waals surface area contributed by atoms with Crippen molar-refractivity contribution >= 4 is 27.3 Å². The van der Waals surface area contributed by atoms with Crippen molar-refractivity contribution in [2.24, 2.45) is 0 Å². The van der Waals surface area contributed by atoms with Crippen LogP contribution in [0.4, 0.5) is 10.1 Å². The average Bonchev–Trinajstić information content (AvgIpc) is 1.93. The van der Waals surface area contributed by atoms with E-state index in [0.717, 1.165) is 18.4 Å². The molecule has 0 aromatic heterocycles. The summed E-state index contributed by atoms with van der Waals surface area (Å²) < 4.78 is 36.2. The molecule has 0 bridgehead atoms. The first-order valence-electron chi connectivity index (χ1n) is 3.31.